The lowest BCUT2D eigenvalue weighted by Crippen LogP contribution is -2.25. The molecule has 0 saturated carbocycles. The molecule has 3 N–H and O–H groups in total. The predicted octanol–water partition coefficient (Wildman–Crippen LogP) is 3.17. The Labute approximate surface area is 167 Å². The lowest BCUT2D eigenvalue weighted by atomic mass is 10.1. The molecule has 3 aromatic rings. The van der Waals surface area contributed by atoms with E-state index < -0.39 is 0 Å². The van der Waals surface area contributed by atoms with Gasteiger partial charge in [0.25, 0.3) is 5.91 Å². The molecule has 27 heavy (non-hydrogen) atoms. The van der Waals surface area contributed by atoms with Gasteiger partial charge in [0, 0.05) is 41.7 Å². The number of aromatic nitrogens is 3. The van der Waals surface area contributed by atoms with Crippen LogP contribution >= 0.6 is 23.7 Å². The van der Waals surface area contributed by atoms with Gasteiger partial charge in [0.1, 0.15) is 5.75 Å². The molecule has 0 fully saturated rings. The first kappa shape index (κ1) is 19.3. The van der Waals surface area contributed by atoms with Crippen LogP contribution in [0.3, 0.4) is 0 Å². The largest absolute Gasteiger partial charge is 0.496 e. The summed E-state index contributed by atoms with van der Waals surface area (Å²) < 4.78 is 5.42. The predicted molar refractivity (Wildman–Crippen MR) is 108 cm³/mol. The van der Waals surface area contributed by atoms with E-state index in [1.807, 2.05) is 30.5 Å². The van der Waals surface area contributed by atoms with Crippen molar-refractivity contribution in [3.05, 3.63) is 46.1 Å². The van der Waals surface area contributed by atoms with Crippen LogP contribution in [0.5, 0.6) is 5.75 Å². The number of H-pyrrole nitrogens is 1. The van der Waals surface area contributed by atoms with Crippen LogP contribution in [-0.2, 0) is 13.0 Å². The number of aromatic amines is 1. The van der Waals surface area contributed by atoms with Crippen LogP contribution in [-0.4, -0.2) is 34.7 Å². The molecule has 0 atom stereocenters. The minimum Gasteiger partial charge on any atom is -0.496 e. The van der Waals surface area contributed by atoms with Crippen LogP contribution in [0.2, 0.25) is 0 Å². The molecule has 1 aromatic carbocycles. The van der Waals surface area contributed by atoms with Crippen molar-refractivity contribution in [1.29, 1.82) is 0 Å². The number of benzene rings is 1. The highest BCUT2D eigenvalue weighted by molar-refractivity contribution is 7.14. The van der Waals surface area contributed by atoms with Crippen molar-refractivity contribution in [1.82, 2.24) is 20.5 Å². The van der Waals surface area contributed by atoms with Crippen molar-refractivity contribution in [3.63, 3.8) is 0 Å². The average molecular weight is 406 g/mol. The van der Waals surface area contributed by atoms with Crippen LogP contribution < -0.4 is 15.4 Å². The summed E-state index contributed by atoms with van der Waals surface area (Å²) in [4.78, 5) is 17.1. The molecule has 2 aromatic heterocycles. The molecule has 0 bridgehead atoms. The smallest absolute Gasteiger partial charge is 0.278 e. The van der Waals surface area contributed by atoms with Crippen LogP contribution in [0.25, 0.3) is 11.3 Å². The summed E-state index contributed by atoms with van der Waals surface area (Å²) in [5, 5.41) is 15.7. The number of nitrogens with one attached hydrogen (secondary N) is 3. The van der Waals surface area contributed by atoms with Gasteiger partial charge in [0.15, 0.2) is 10.8 Å². The van der Waals surface area contributed by atoms with Crippen molar-refractivity contribution < 1.29 is 9.53 Å². The number of hydrogen-bond donors (Lipinski definition) is 3. The minimum absolute atomic E-state index is 0. The SMILES string of the molecule is COc1ccc(C)cc1-c1csc(NC(=O)c2n[nH]c3c2CNCC3)n1.Cl. The Morgan fingerprint density at radius 2 is 2.22 bits per heavy atom. The molecule has 1 amide bonds. The molecule has 0 unspecified atom stereocenters. The third-order valence-corrected chi connectivity index (χ3v) is 5.13. The van der Waals surface area contributed by atoms with Crippen LogP contribution in [0.1, 0.15) is 27.3 Å². The summed E-state index contributed by atoms with van der Waals surface area (Å²) in [5.41, 5.74) is 5.19. The zero-order valence-corrected chi connectivity index (χ0v) is 16.6. The van der Waals surface area contributed by atoms with Gasteiger partial charge in [0.2, 0.25) is 0 Å². The fraction of sp³-hybridized carbons (Fsp3) is 0.278. The molecule has 4 rings (SSSR count). The monoisotopic (exact) mass is 405 g/mol. The van der Waals surface area contributed by atoms with E-state index >= 15 is 0 Å². The van der Waals surface area contributed by atoms with Crippen molar-refractivity contribution in [2.24, 2.45) is 0 Å². The van der Waals surface area contributed by atoms with Crippen LogP contribution in [0.15, 0.2) is 23.6 Å². The Morgan fingerprint density at radius 3 is 3.04 bits per heavy atom. The van der Waals surface area contributed by atoms with Gasteiger partial charge in [-0.1, -0.05) is 11.6 Å². The van der Waals surface area contributed by atoms with Crippen molar-refractivity contribution >= 4 is 34.8 Å². The number of ether oxygens (including phenoxy) is 1. The second-order valence-electron chi connectivity index (χ2n) is 6.15. The third-order valence-electron chi connectivity index (χ3n) is 4.38. The van der Waals surface area contributed by atoms with Crippen molar-refractivity contribution in [3.8, 4) is 17.0 Å². The quantitative estimate of drug-likeness (QED) is 0.620. The molecule has 0 spiro atoms. The fourth-order valence-electron chi connectivity index (χ4n) is 3.05. The molecule has 3 heterocycles. The van der Waals surface area contributed by atoms with E-state index in [0.29, 0.717) is 17.4 Å². The van der Waals surface area contributed by atoms with Gasteiger partial charge < -0.3 is 10.1 Å². The van der Waals surface area contributed by atoms with Gasteiger partial charge in [0.05, 0.1) is 12.8 Å². The van der Waals surface area contributed by atoms with Gasteiger partial charge in [-0.3, -0.25) is 15.2 Å². The standard InChI is InChI=1S/C18H19N5O2S.ClH/c1-10-3-4-15(25-2)11(7-10)14-9-26-18(20-14)21-17(24)16-12-8-19-6-5-13(12)22-23-16;/h3-4,7,9,19H,5-6,8H2,1-2H3,(H,22,23)(H,20,21,24);1H. The molecule has 9 heteroatoms. The Bertz CT molecular complexity index is 969. The molecular weight excluding hydrogens is 386 g/mol. The number of rotatable bonds is 4. The number of carbonyl (C=O) groups is 1. The molecule has 1 aliphatic rings. The molecular formula is C18H20ClN5O2S. The Kier molecular flexibility index (Phi) is 5.79. The number of hydrogen-bond acceptors (Lipinski definition) is 6. The highest BCUT2D eigenvalue weighted by atomic mass is 35.5. The lowest BCUT2D eigenvalue weighted by molar-refractivity contribution is 0.102. The second kappa shape index (κ2) is 8.08. The Balaban J connectivity index is 0.00000210. The normalized spacial score (nSPS) is 12.8. The first-order chi connectivity index (χ1) is 12.7. The second-order valence-corrected chi connectivity index (χ2v) is 7.01. The molecule has 1 aliphatic heterocycles. The zero-order valence-electron chi connectivity index (χ0n) is 15.0. The Hall–Kier alpha value is -2.42. The van der Waals surface area contributed by atoms with Gasteiger partial charge >= 0.3 is 0 Å². The number of fused-ring (bicyclic) bond motifs is 1. The van der Waals surface area contributed by atoms with Gasteiger partial charge in [-0.2, -0.15) is 5.10 Å². The summed E-state index contributed by atoms with van der Waals surface area (Å²) in [5.74, 6) is 0.509. The zero-order chi connectivity index (χ0) is 18.1. The number of nitrogens with zero attached hydrogens (tertiary/aromatic N) is 2. The summed E-state index contributed by atoms with van der Waals surface area (Å²) >= 11 is 1.38. The summed E-state index contributed by atoms with van der Waals surface area (Å²) in [7, 11) is 1.64. The van der Waals surface area contributed by atoms with E-state index in [-0.39, 0.29) is 18.3 Å². The molecule has 0 aliphatic carbocycles. The number of carbonyl (C=O) groups excluding carboxylic acids is 1. The molecule has 0 radical (unpaired) electrons. The average Bonchev–Trinajstić information content (AvgIpc) is 3.28. The maximum Gasteiger partial charge on any atom is 0.278 e. The number of thiazole rings is 1. The summed E-state index contributed by atoms with van der Waals surface area (Å²) in [6.45, 7) is 3.56. The lowest BCUT2D eigenvalue weighted by Gasteiger charge is -2.12. The van der Waals surface area contributed by atoms with Crippen LogP contribution in [0.4, 0.5) is 5.13 Å². The molecule has 7 nitrogen and oxygen atoms in total. The van der Waals surface area contributed by atoms with E-state index in [1.165, 1.54) is 11.3 Å². The highest BCUT2D eigenvalue weighted by Crippen LogP contribution is 2.33. The number of anilines is 1. The van der Waals surface area contributed by atoms with E-state index in [2.05, 4.69) is 25.8 Å². The highest BCUT2D eigenvalue weighted by Gasteiger charge is 2.22. The molecule has 0 saturated heterocycles. The van der Waals surface area contributed by atoms with E-state index in [1.54, 1.807) is 7.11 Å². The maximum atomic E-state index is 12.6. The van der Waals surface area contributed by atoms with E-state index in [4.69, 9.17) is 4.74 Å². The topological polar surface area (TPSA) is 91.9 Å². The fourth-order valence-corrected chi connectivity index (χ4v) is 3.75. The summed E-state index contributed by atoms with van der Waals surface area (Å²) in [6.07, 6.45) is 0.851. The minimum atomic E-state index is -0.247. The number of methoxy groups -OCH3 is 1. The van der Waals surface area contributed by atoms with Crippen LogP contribution in [0, 0.1) is 6.92 Å². The van der Waals surface area contributed by atoms with Crippen molar-refractivity contribution in [2.75, 3.05) is 19.0 Å². The first-order valence-corrected chi connectivity index (χ1v) is 9.22. The number of aryl methyl sites for hydroxylation is 1. The van der Waals surface area contributed by atoms with Crippen molar-refractivity contribution in [2.45, 2.75) is 19.9 Å². The number of halogens is 1. The van der Waals surface area contributed by atoms with E-state index in [9.17, 15) is 4.79 Å². The van der Waals surface area contributed by atoms with E-state index in [0.717, 1.165) is 46.8 Å². The molecule has 142 valence electrons. The third kappa shape index (κ3) is 3.83. The number of amides is 1. The Morgan fingerprint density at radius 1 is 1.37 bits per heavy atom. The summed E-state index contributed by atoms with van der Waals surface area (Å²) in [6, 6.07) is 5.94. The first-order valence-electron chi connectivity index (χ1n) is 8.34. The van der Waals surface area contributed by atoms with Gasteiger partial charge in [-0.05, 0) is 19.1 Å². The maximum absolute atomic E-state index is 12.6. The van der Waals surface area contributed by atoms with Gasteiger partial charge in [-0.25, -0.2) is 4.98 Å². The van der Waals surface area contributed by atoms with Gasteiger partial charge in [-0.15, -0.1) is 23.7 Å².